The first kappa shape index (κ1) is 17.4. The smallest absolute Gasteiger partial charge is 0.317 e. The van der Waals surface area contributed by atoms with Gasteiger partial charge in [-0.1, -0.05) is 13.0 Å². The number of nitrogens with one attached hydrogen (secondary N) is 1. The zero-order chi connectivity index (χ0) is 17.3. The third-order valence-electron chi connectivity index (χ3n) is 5.08. The number of carboxylic acid groups (broad SMARTS) is 1. The Bertz CT molecular complexity index is 726. The summed E-state index contributed by atoms with van der Waals surface area (Å²) in [5.74, 6) is -0.848. The average Bonchev–Trinajstić information content (AvgIpc) is 2.95. The molecule has 1 aromatic carbocycles. The molecule has 0 radical (unpaired) electrons. The molecular weight excluding hydrogens is 328 g/mol. The lowest BCUT2D eigenvalue weighted by Crippen LogP contribution is -2.54. The molecule has 24 heavy (non-hydrogen) atoms. The highest BCUT2D eigenvalue weighted by atomic mass is 32.2. The van der Waals surface area contributed by atoms with Crippen molar-refractivity contribution in [2.24, 2.45) is 0 Å². The lowest BCUT2D eigenvalue weighted by Gasteiger charge is -2.42. The topological polar surface area (TPSA) is 86.7 Å². The van der Waals surface area contributed by atoms with Crippen LogP contribution in [-0.2, 0) is 27.7 Å². The molecule has 0 amide bonds. The van der Waals surface area contributed by atoms with E-state index < -0.39 is 16.0 Å². The number of benzene rings is 1. The fourth-order valence-electron chi connectivity index (χ4n) is 3.66. The number of hydrogen-bond acceptors (Lipinski definition) is 4. The number of carboxylic acids is 1. The Labute approximate surface area is 142 Å². The van der Waals surface area contributed by atoms with E-state index in [9.17, 15) is 13.2 Å². The van der Waals surface area contributed by atoms with E-state index in [1.807, 2.05) is 17.9 Å². The van der Waals surface area contributed by atoms with Gasteiger partial charge in [0.15, 0.2) is 0 Å². The van der Waals surface area contributed by atoms with Gasteiger partial charge in [-0.3, -0.25) is 9.69 Å². The first-order valence-corrected chi connectivity index (χ1v) is 9.97. The van der Waals surface area contributed by atoms with Gasteiger partial charge in [0, 0.05) is 12.1 Å². The van der Waals surface area contributed by atoms with Crippen molar-refractivity contribution >= 4 is 16.0 Å². The van der Waals surface area contributed by atoms with Crippen LogP contribution in [0.4, 0.5) is 0 Å². The molecule has 1 aromatic rings. The third kappa shape index (κ3) is 3.63. The van der Waals surface area contributed by atoms with Crippen LogP contribution in [0.3, 0.4) is 0 Å². The summed E-state index contributed by atoms with van der Waals surface area (Å²) in [6, 6.07) is 5.43. The molecule has 2 aliphatic rings. The number of nitrogens with zero attached hydrogens (tertiary/aromatic N) is 1. The van der Waals surface area contributed by atoms with Gasteiger partial charge in [0.2, 0.25) is 10.0 Å². The molecule has 0 spiro atoms. The van der Waals surface area contributed by atoms with Crippen LogP contribution >= 0.6 is 0 Å². The summed E-state index contributed by atoms with van der Waals surface area (Å²) in [6.07, 6.45) is 4.39. The SMILES string of the molecule is CCN(CC(=O)O)C1CC(NS(=O)(=O)c2ccc3c(c2)CCC3)C1. The van der Waals surface area contributed by atoms with Gasteiger partial charge >= 0.3 is 5.97 Å². The van der Waals surface area contributed by atoms with Crippen molar-refractivity contribution in [1.29, 1.82) is 0 Å². The van der Waals surface area contributed by atoms with Crippen molar-refractivity contribution in [3.63, 3.8) is 0 Å². The Kier molecular flexibility index (Phi) is 4.94. The molecule has 2 aliphatic carbocycles. The lowest BCUT2D eigenvalue weighted by molar-refractivity contribution is -0.139. The monoisotopic (exact) mass is 352 g/mol. The Balaban J connectivity index is 1.60. The summed E-state index contributed by atoms with van der Waals surface area (Å²) in [6.45, 7) is 2.58. The quantitative estimate of drug-likeness (QED) is 0.774. The molecule has 7 heteroatoms. The highest BCUT2D eigenvalue weighted by Gasteiger charge is 2.36. The first-order chi connectivity index (χ1) is 11.4. The molecule has 0 aromatic heterocycles. The lowest BCUT2D eigenvalue weighted by atomic mass is 9.86. The molecule has 3 rings (SSSR count). The van der Waals surface area contributed by atoms with Crippen molar-refractivity contribution in [3.8, 4) is 0 Å². The number of hydrogen-bond donors (Lipinski definition) is 2. The molecule has 2 N–H and O–H groups in total. The highest BCUT2D eigenvalue weighted by molar-refractivity contribution is 7.89. The van der Waals surface area contributed by atoms with Gasteiger partial charge in [0.05, 0.1) is 11.4 Å². The van der Waals surface area contributed by atoms with Gasteiger partial charge in [-0.2, -0.15) is 0 Å². The minimum absolute atomic E-state index is 0.00542. The number of carbonyl (C=O) groups is 1. The van der Waals surface area contributed by atoms with Crippen LogP contribution in [0.2, 0.25) is 0 Å². The molecule has 1 saturated carbocycles. The number of likely N-dealkylation sites (N-methyl/N-ethyl adjacent to an activating group) is 1. The molecule has 0 heterocycles. The number of fused-ring (bicyclic) bond motifs is 1. The van der Waals surface area contributed by atoms with Crippen molar-refractivity contribution < 1.29 is 18.3 Å². The van der Waals surface area contributed by atoms with Crippen LogP contribution in [0.15, 0.2) is 23.1 Å². The molecular formula is C17H24N2O4S. The van der Waals surface area contributed by atoms with E-state index in [4.69, 9.17) is 5.11 Å². The van der Waals surface area contributed by atoms with Crippen LogP contribution in [-0.4, -0.2) is 49.6 Å². The second kappa shape index (κ2) is 6.82. The van der Waals surface area contributed by atoms with E-state index in [1.54, 1.807) is 12.1 Å². The summed E-state index contributed by atoms with van der Waals surface area (Å²) in [5, 5.41) is 8.91. The Hall–Kier alpha value is -1.44. The normalized spacial score (nSPS) is 23.1. The molecule has 0 bridgehead atoms. The van der Waals surface area contributed by atoms with E-state index in [-0.39, 0.29) is 18.6 Å². The second-order valence-corrected chi connectivity index (χ2v) is 8.40. The Morgan fingerprint density at radius 3 is 2.67 bits per heavy atom. The molecule has 1 fully saturated rings. The fourth-order valence-corrected chi connectivity index (χ4v) is 4.97. The summed E-state index contributed by atoms with van der Waals surface area (Å²) in [7, 11) is -3.51. The maximum atomic E-state index is 12.5. The van der Waals surface area contributed by atoms with E-state index in [2.05, 4.69) is 4.72 Å². The third-order valence-corrected chi connectivity index (χ3v) is 6.59. The summed E-state index contributed by atoms with van der Waals surface area (Å²) < 4.78 is 27.8. The number of sulfonamides is 1. The number of rotatable bonds is 7. The van der Waals surface area contributed by atoms with Crippen LogP contribution < -0.4 is 4.72 Å². The van der Waals surface area contributed by atoms with Gasteiger partial charge in [0.25, 0.3) is 0 Å². The minimum Gasteiger partial charge on any atom is -0.480 e. The zero-order valence-electron chi connectivity index (χ0n) is 13.9. The van der Waals surface area contributed by atoms with E-state index >= 15 is 0 Å². The van der Waals surface area contributed by atoms with Crippen LogP contribution in [0.5, 0.6) is 0 Å². The van der Waals surface area contributed by atoms with E-state index in [1.165, 1.54) is 5.56 Å². The fraction of sp³-hybridized carbons (Fsp3) is 0.588. The molecule has 6 nitrogen and oxygen atoms in total. The van der Waals surface area contributed by atoms with Gasteiger partial charge in [-0.25, -0.2) is 13.1 Å². The van der Waals surface area contributed by atoms with E-state index in [0.717, 1.165) is 24.8 Å². The number of aryl methyl sites for hydroxylation is 2. The van der Waals surface area contributed by atoms with Crippen LogP contribution in [0.25, 0.3) is 0 Å². The Morgan fingerprint density at radius 1 is 1.29 bits per heavy atom. The summed E-state index contributed by atoms with van der Waals surface area (Å²) >= 11 is 0. The summed E-state index contributed by atoms with van der Waals surface area (Å²) in [5.41, 5.74) is 2.40. The number of aliphatic carboxylic acids is 1. The van der Waals surface area contributed by atoms with Gasteiger partial charge in [-0.15, -0.1) is 0 Å². The molecule has 0 saturated heterocycles. The predicted molar refractivity (Wildman–Crippen MR) is 90.5 cm³/mol. The second-order valence-electron chi connectivity index (χ2n) is 6.68. The molecule has 0 aliphatic heterocycles. The first-order valence-electron chi connectivity index (χ1n) is 8.49. The molecule has 0 unspecified atom stereocenters. The van der Waals surface area contributed by atoms with Gasteiger partial charge in [-0.05, 0) is 61.9 Å². The maximum Gasteiger partial charge on any atom is 0.317 e. The zero-order valence-corrected chi connectivity index (χ0v) is 14.7. The van der Waals surface area contributed by atoms with Crippen molar-refractivity contribution in [1.82, 2.24) is 9.62 Å². The largest absolute Gasteiger partial charge is 0.480 e. The highest BCUT2D eigenvalue weighted by Crippen LogP contribution is 2.28. The van der Waals surface area contributed by atoms with Gasteiger partial charge < -0.3 is 5.11 Å². The summed E-state index contributed by atoms with van der Waals surface area (Å²) in [4.78, 5) is 13.1. The van der Waals surface area contributed by atoms with Crippen molar-refractivity contribution in [3.05, 3.63) is 29.3 Å². The molecule has 132 valence electrons. The average molecular weight is 352 g/mol. The Morgan fingerprint density at radius 2 is 2.00 bits per heavy atom. The van der Waals surface area contributed by atoms with E-state index in [0.29, 0.717) is 24.3 Å². The van der Waals surface area contributed by atoms with Crippen molar-refractivity contribution in [2.45, 2.75) is 56.0 Å². The van der Waals surface area contributed by atoms with Crippen LogP contribution in [0.1, 0.15) is 37.3 Å². The standard InChI is InChI=1S/C17H24N2O4S/c1-2-19(11-17(20)21)15-9-14(10-15)18-24(22,23)16-7-6-12-4-3-5-13(12)8-16/h6-8,14-15,18H,2-5,9-11H2,1H3,(H,20,21). The minimum atomic E-state index is -3.51. The predicted octanol–water partition coefficient (Wildman–Crippen LogP) is 1.39. The maximum absolute atomic E-state index is 12.5. The molecule has 0 atom stereocenters. The van der Waals surface area contributed by atoms with Gasteiger partial charge in [0.1, 0.15) is 0 Å². The van der Waals surface area contributed by atoms with Crippen molar-refractivity contribution in [2.75, 3.05) is 13.1 Å². The van der Waals surface area contributed by atoms with Crippen LogP contribution in [0, 0.1) is 0 Å².